The van der Waals surface area contributed by atoms with Crippen LogP contribution in [0, 0.1) is 5.92 Å². The van der Waals surface area contributed by atoms with E-state index in [0.29, 0.717) is 12.0 Å². The Morgan fingerprint density at radius 1 is 1.33 bits per heavy atom. The van der Waals surface area contributed by atoms with Gasteiger partial charge < -0.3 is 15.4 Å². The van der Waals surface area contributed by atoms with E-state index in [2.05, 4.69) is 10.6 Å². The largest absolute Gasteiger partial charge is 0.381 e. The van der Waals surface area contributed by atoms with Gasteiger partial charge in [0.25, 0.3) is 0 Å². The normalized spacial score (nSPS) is 31.3. The minimum absolute atomic E-state index is 0.0218. The van der Waals surface area contributed by atoms with E-state index >= 15 is 0 Å². The van der Waals surface area contributed by atoms with Gasteiger partial charge in [-0.25, -0.2) is 4.79 Å². The zero-order chi connectivity index (χ0) is 8.39. The number of urea groups is 1. The van der Waals surface area contributed by atoms with E-state index in [4.69, 9.17) is 4.74 Å². The zero-order valence-corrected chi connectivity index (χ0v) is 7.01. The van der Waals surface area contributed by atoms with Crippen LogP contribution in [0.4, 0.5) is 4.79 Å². The van der Waals surface area contributed by atoms with Crippen LogP contribution in [0.2, 0.25) is 0 Å². The number of rotatable bonds is 1. The Bertz CT molecular complexity index is 178. The first-order valence-corrected chi connectivity index (χ1v) is 4.48. The van der Waals surface area contributed by atoms with Gasteiger partial charge in [-0.1, -0.05) is 0 Å². The second-order valence-electron chi connectivity index (χ2n) is 3.41. The van der Waals surface area contributed by atoms with E-state index in [9.17, 15) is 4.79 Å². The van der Waals surface area contributed by atoms with Crippen molar-refractivity contribution in [3.63, 3.8) is 0 Å². The predicted octanol–water partition coefficient (Wildman–Crippen LogP) is 0.0944. The van der Waals surface area contributed by atoms with E-state index in [1.54, 1.807) is 0 Å². The van der Waals surface area contributed by atoms with Crippen LogP contribution in [0.15, 0.2) is 0 Å². The minimum atomic E-state index is -0.0218. The maximum Gasteiger partial charge on any atom is 0.315 e. The highest BCUT2D eigenvalue weighted by molar-refractivity contribution is 5.76. The number of ether oxygens (including phenoxy) is 1. The van der Waals surface area contributed by atoms with E-state index in [1.165, 1.54) is 0 Å². The first-order chi connectivity index (χ1) is 5.86. The van der Waals surface area contributed by atoms with Crippen LogP contribution in [0.5, 0.6) is 0 Å². The van der Waals surface area contributed by atoms with Gasteiger partial charge in [0, 0.05) is 19.8 Å². The van der Waals surface area contributed by atoms with Gasteiger partial charge in [-0.3, -0.25) is 0 Å². The van der Waals surface area contributed by atoms with Gasteiger partial charge in [0.2, 0.25) is 0 Å². The molecule has 68 valence electrons. The maximum atomic E-state index is 10.8. The standard InChI is InChI=1S/C8H14N2O2/c11-8-9-5-7(10-8)6-1-3-12-4-2-6/h6-7H,1-5H2,(H2,9,10,11). The number of hydrogen-bond donors (Lipinski definition) is 2. The van der Waals surface area contributed by atoms with Crippen molar-refractivity contribution in [3.8, 4) is 0 Å². The molecule has 2 rings (SSSR count). The fraction of sp³-hybridized carbons (Fsp3) is 0.875. The van der Waals surface area contributed by atoms with Crippen molar-refractivity contribution < 1.29 is 9.53 Å². The van der Waals surface area contributed by atoms with Crippen molar-refractivity contribution in [2.75, 3.05) is 19.8 Å². The summed E-state index contributed by atoms with van der Waals surface area (Å²) in [5.74, 6) is 0.609. The molecule has 4 nitrogen and oxygen atoms in total. The summed E-state index contributed by atoms with van der Waals surface area (Å²) in [7, 11) is 0. The number of carbonyl (C=O) groups is 1. The summed E-state index contributed by atoms with van der Waals surface area (Å²) in [6.07, 6.45) is 2.15. The predicted molar refractivity (Wildman–Crippen MR) is 43.9 cm³/mol. The number of nitrogens with one attached hydrogen (secondary N) is 2. The van der Waals surface area contributed by atoms with E-state index < -0.39 is 0 Å². The van der Waals surface area contributed by atoms with Crippen LogP contribution in [0.25, 0.3) is 0 Å². The lowest BCUT2D eigenvalue weighted by Gasteiger charge is -2.26. The highest BCUT2D eigenvalue weighted by Crippen LogP contribution is 2.19. The molecule has 0 saturated carbocycles. The van der Waals surface area contributed by atoms with E-state index in [0.717, 1.165) is 32.6 Å². The molecule has 0 spiro atoms. The fourth-order valence-corrected chi connectivity index (χ4v) is 1.88. The molecule has 2 aliphatic heterocycles. The van der Waals surface area contributed by atoms with Crippen LogP contribution < -0.4 is 10.6 Å². The molecule has 0 aliphatic carbocycles. The van der Waals surface area contributed by atoms with Crippen LogP contribution in [-0.4, -0.2) is 31.8 Å². The molecule has 2 fully saturated rings. The van der Waals surface area contributed by atoms with Crippen molar-refractivity contribution in [2.45, 2.75) is 18.9 Å². The molecule has 0 radical (unpaired) electrons. The molecule has 12 heavy (non-hydrogen) atoms. The summed E-state index contributed by atoms with van der Waals surface area (Å²) in [6, 6.07) is 0.313. The average molecular weight is 170 g/mol. The first-order valence-electron chi connectivity index (χ1n) is 4.48. The average Bonchev–Trinajstić information content (AvgIpc) is 2.54. The Morgan fingerprint density at radius 2 is 2.08 bits per heavy atom. The Morgan fingerprint density at radius 3 is 2.67 bits per heavy atom. The molecule has 2 heterocycles. The van der Waals surface area contributed by atoms with Crippen LogP contribution in [0.3, 0.4) is 0 Å². The molecule has 0 aromatic carbocycles. The topological polar surface area (TPSA) is 50.4 Å². The third-order valence-corrected chi connectivity index (χ3v) is 2.63. The molecular formula is C8H14N2O2. The third kappa shape index (κ3) is 1.53. The lowest BCUT2D eigenvalue weighted by atomic mass is 9.92. The van der Waals surface area contributed by atoms with Gasteiger partial charge >= 0.3 is 6.03 Å². The SMILES string of the molecule is O=C1NCC(C2CCOCC2)N1. The number of carbonyl (C=O) groups excluding carboxylic acids is 1. The molecule has 0 aromatic rings. The summed E-state index contributed by atoms with van der Waals surface area (Å²) in [5, 5.41) is 5.69. The highest BCUT2D eigenvalue weighted by atomic mass is 16.5. The summed E-state index contributed by atoms with van der Waals surface area (Å²) < 4.78 is 5.25. The Hall–Kier alpha value is -0.770. The Labute approximate surface area is 71.7 Å². The molecule has 4 heteroatoms. The monoisotopic (exact) mass is 170 g/mol. The molecule has 2 amide bonds. The van der Waals surface area contributed by atoms with Gasteiger partial charge in [-0.05, 0) is 18.8 Å². The fourth-order valence-electron chi connectivity index (χ4n) is 1.88. The number of amides is 2. The molecule has 2 aliphatic rings. The molecule has 0 bridgehead atoms. The summed E-state index contributed by atoms with van der Waals surface area (Å²) in [5.41, 5.74) is 0. The quantitative estimate of drug-likeness (QED) is 0.586. The number of hydrogen-bond acceptors (Lipinski definition) is 2. The second kappa shape index (κ2) is 3.31. The second-order valence-corrected chi connectivity index (χ2v) is 3.41. The van der Waals surface area contributed by atoms with Gasteiger partial charge in [-0.15, -0.1) is 0 Å². The van der Waals surface area contributed by atoms with Crippen molar-refractivity contribution in [2.24, 2.45) is 5.92 Å². The summed E-state index contributed by atoms with van der Waals surface area (Å²) >= 11 is 0. The van der Waals surface area contributed by atoms with Gasteiger partial charge in [0.1, 0.15) is 0 Å². The maximum absolute atomic E-state index is 10.8. The molecule has 2 saturated heterocycles. The third-order valence-electron chi connectivity index (χ3n) is 2.63. The van der Waals surface area contributed by atoms with Gasteiger partial charge in [0.15, 0.2) is 0 Å². The molecular weight excluding hydrogens is 156 g/mol. The van der Waals surface area contributed by atoms with Gasteiger partial charge in [0.05, 0.1) is 6.04 Å². The van der Waals surface area contributed by atoms with Crippen molar-refractivity contribution >= 4 is 6.03 Å². The smallest absolute Gasteiger partial charge is 0.315 e. The lowest BCUT2D eigenvalue weighted by Crippen LogP contribution is -2.37. The van der Waals surface area contributed by atoms with Gasteiger partial charge in [-0.2, -0.15) is 0 Å². The highest BCUT2D eigenvalue weighted by Gasteiger charge is 2.29. The first kappa shape index (κ1) is 7.86. The van der Waals surface area contributed by atoms with Crippen LogP contribution >= 0.6 is 0 Å². The van der Waals surface area contributed by atoms with Crippen LogP contribution in [0.1, 0.15) is 12.8 Å². The molecule has 1 unspecified atom stereocenters. The van der Waals surface area contributed by atoms with Crippen molar-refractivity contribution in [1.82, 2.24) is 10.6 Å². The van der Waals surface area contributed by atoms with Crippen LogP contribution in [-0.2, 0) is 4.74 Å². The van der Waals surface area contributed by atoms with E-state index in [1.807, 2.05) is 0 Å². The Balaban J connectivity index is 1.86. The van der Waals surface area contributed by atoms with E-state index in [-0.39, 0.29) is 6.03 Å². The van der Waals surface area contributed by atoms with Crippen molar-refractivity contribution in [1.29, 1.82) is 0 Å². The molecule has 2 N–H and O–H groups in total. The summed E-state index contributed by atoms with van der Waals surface area (Å²) in [4.78, 5) is 10.8. The molecule has 0 aromatic heterocycles. The minimum Gasteiger partial charge on any atom is -0.381 e. The molecule has 1 atom stereocenters. The lowest BCUT2D eigenvalue weighted by molar-refractivity contribution is 0.0579. The van der Waals surface area contributed by atoms with Crippen molar-refractivity contribution in [3.05, 3.63) is 0 Å². The zero-order valence-electron chi connectivity index (χ0n) is 7.01. The Kier molecular flexibility index (Phi) is 2.17. The summed E-state index contributed by atoms with van der Waals surface area (Å²) in [6.45, 7) is 2.47.